The van der Waals surface area contributed by atoms with Crippen molar-refractivity contribution >= 4 is 17.9 Å². The van der Waals surface area contributed by atoms with Crippen LogP contribution in [0.2, 0.25) is 0 Å². The van der Waals surface area contributed by atoms with E-state index in [-0.39, 0.29) is 5.91 Å². The van der Waals surface area contributed by atoms with Crippen molar-refractivity contribution in [2.24, 2.45) is 5.41 Å². The number of aryl methyl sites for hydroxylation is 1. The lowest BCUT2D eigenvalue weighted by molar-refractivity contribution is -0.123. The molecule has 1 N–H and O–H groups in total. The molecule has 0 saturated heterocycles. The third-order valence-electron chi connectivity index (χ3n) is 2.26. The molecule has 1 amide bonds. The molecule has 0 aliphatic carbocycles. The zero-order valence-electron chi connectivity index (χ0n) is 12.1. The predicted molar refractivity (Wildman–Crippen MR) is 76.0 cm³/mol. The summed E-state index contributed by atoms with van der Waals surface area (Å²) in [5.41, 5.74) is 1.61. The summed E-state index contributed by atoms with van der Waals surface area (Å²) in [4.78, 5) is 22.6. The lowest BCUT2D eigenvalue weighted by Gasteiger charge is -2.18. The fraction of sp³-hybridized carbons (Fsp3) is 0.467. The van der Waals surface area contributed by atoms with Gasteiger partial charge in [0.05, 0.1) is 5.69 Å². The molecule has 1 aromatic carbocycles. The molecule has 100 valence electrons. The molecule has 0 bridgehead atoms. The first-order chi connectivity index (χ1) is 8.34. The minimum absolute atomic E-state index is 0.0977. The second-order valence-corrected chi connectivity index (χ2v) is 4.91. The molecule has 0 spiro atoms. The molecule has 3 heteroatoms. The molecule has 1 aromatic rings. The molecular formula is C15H23NO2. The Kier molecular flexibility index (Phi) is 6.31. The molecule has 1 rings (SSSR count). The van der Waals surface area contributed by atoms with Gasteiger partial charge in [-0.25, -0.2) is 0 Å². The van der Waals surface area contributed by atoms with E-state index in [2.05, 4.69) is 5.32 Å². The predicted octanol–water partition coefficient (Wildman–Crippen LogP) is 3.82. The summed E-state index contributed by atoms with van der Waals surface area (Å²) in [5, 5.41) is 2.76. The maximum Gasteiger partial charge on any atom is 0.229 e. The summed E-state index contributed by atoms with van der Waals surface area (Å²) in [6.45, 7) is 11.4. The maximum absolute atomic E-state index is 11.8. The monoisotopic (exact) mass is 249 g/mol. The van der Waals surface area contributed by atoms with Gasteiger partial charge >= 0.3 is 0 Å². The molecule has 0 saturated carbocycles. The number of anilines is 1. The Balaban J connectivity index is 0.00000137. The van der Waals surface area contributed by atoms with Crippen molar-refractivity contribution < 1.29 is 9.59 Å². The van der Waals surface area contributed by atoms with Gasteiger partial charge < -0.3 is 5.32 Å². The highest BCUT2D eigenvalue weighted by atomic mass is 16.2. The zero-order chi connectivity index (χ0) is 14.3. The van der Waals surface area contributed by atoms with Crippen molar-refractivity contribution in [1.29, 1.82) is 0 Å². The van der Waals surface area contributed by atoms with E-state index in [0.717, 1.165) is 11.8 Å². The van der Waals surface area contributed by atoms with E-state index < -0.39 is 5.41 Å². The average Bonchev–Trinajstić information content (AvgIpc) is 2.32. The minimum atomic E-state index is -0.467. The van der Waals surface area contributed by atoms with Gasteiger partial charge in [0.25, 0.3) is 0 Å². The summed E-state index contributed by atoms with van der Waals surface area (Å²) in [5.74, 6) is -0.0977. The number of benzene rings is 1. The highest BCUT2D eigenvalue weighted by Crippen LogP contribution is 2.20. The van der Waals surface area contributed by atoms with Gasteiger partial charge in [-0.2, -0.15) is 0 Å². The summed E-state index contributed by atoms with van der Waals surface area (Å²) < 4.78 is 0. The molecule has 0 unspecified atom stereocenters. The van der Waals surface area contributed by atoms with Crippen LogP contribution in [-0.4, -0.2) is 12.2 Å². The van der Waals surface area contributed by atoms with Crippen molar-refractivity contribution in [2.75, 3.05) is 5.32 Å². The number of rotatable bonds is 2. The van der Waals surface area contributed by atoms with Gasteiger partial charge in [-0.1, -0.05) is 46.2 Å². The topological polar surface area (TPSA) is 46.2 Å². The number of amides is 1. The molecule has 0 fully saturated rings. The van der Waals surface area contributed by atoms with Crippen molar-refractivity contribution in [2.45, 2.75) is 41.5 Å². The Labute approximate surface area is 110 Å². The summed E-state index contributed by atoms with van der Waals surface area (Å²) in [6, 6.07) is 5.37. The van der Waals surface area contributed by atoms with Gasteiger partial charge in [-0.3, -0.25) is 9.59 Å². The second kappa shape index (κ2) is 6.94. The first kappa shape index (κ1) is 16.4. The number of hydrogen-bond acceptors (Lipinski definition) is 2. The van der Waals surface area contributed by atoms with E-state index in [1.54, 1.807) is 12.1 Å². The molecule has 18 heavy (non-hydrogen) atoms. The van der Waals surface area contributed by atoms with Crippen LogP contribution in [-0.2, 0) is 4.79 Å². The number of hydrogen-bond donors (Lipinski definition) is 1. The van der Waals surface area contributed by atoms with Crippen LogP contribution in [0.5, 0.6) is 0 Å². The average molecular weight is 249 g/mol. The molecule has 0 heterocycles. The summed E-state index contributed by atoms with van der Waals surface area (Å²) in [7, 11) is 0. The molecule has 0 radical (unpaired) electrons. The van der Waals surface area contributed by atoms with E-state index in [0.29, 0.717) is 11.3 Å². The Morgan fingerprint density at radius 2 is 1.78 bits per heavy atom. The van der Waals surface area contributed by atoms with Crippen molar-refractivity contribution in [3.05, 3.63) is 29.3 Å². The van der Waals surface area contributed by atoms with Gasteiger partial charge in [0, 0.05) is 11.0 Å². The van der Waals surface area contributed by atoms with Crippen LogP contribution in [0.4, 0.5) is 5.69 Å². The quantitative estimate of drug-likeness (QED) is 0.810. The third-order valence-corrected chi connectivity index (χ3v) is 2.26. The summed E-state index contributed by atoms with van der Waals surface area (Å²) >= 11 is 0. The number of aldehydes is 1. The van der Waals surface area contributed by atoms with Crippen LogP contribution >= 0.6 is 0 Å². The van der Waals surface area contributed by atoms with Crippen molar-refractivity contribution in [3.63, 3.8) is 0 Å². The van der Waals surface area contributed by atoms with Gasteiger partial charge in [0.1, 0.15) is 0 Å². The van der Waals surface area contributed by atoms with E-state index in [4.69, 9.17) is 0 Å². The fourth-order valence-electron chi connectivity index (χ4n) is 1.20. The molecule has 0 aliphatic heterocycles. The lowest BCUT2D eigenvalue weighted by Crippen LogP contribution is -2.28. The smallest absolute Gasteiger partial charge is 0.229 e. The van der Waals surface area contributed by atoms with Gasteiger partial charge in [-0.15, -0.1) is 0 Å². The first-order valence-electron chi connectivity index (χ1n) is 6.22. The Hall–Kier alpha value is -1.64. The van der Waals surface area contributed by atoms with Crippen LogP contribution in [0.15, 0.2) is 18.2 Å². The van der Waals surface area contributed by atoms with Gasteiger partial charge in [-0.05, 0) is 19.1 Å². The number of carbonyl (C=O) groups is 2. The highest BCUT2D eigenvalue weighted by Gasteiger charge is 2.21. The van der Waals surface area contributed by atoms with Gasteiger partial charge in [0.15, 0.2) is 6.29 Å². The van der Waals surface area contributed by atoms with E-state index in [1.807, 2.05) is 47.6 Å². The van der Waals surface area contributed by atoms with E-state index in [9.17, 15) is 9.59 Å². The van der Waals surface area contributed by atoms with Crippen molar-refractivity contribution in [1.82, 2.24) is 0 Å². The maximum atomic E-state index is 11.8. The number of carbonyl (C=O) groups excluding carboxylic acids is 2. The lowest BCUT2D eigenvalue weighted by atomic mass is 9.95. The number of nitrogens with one attached hydrogen (secondary N) is 1. The van der Waals surface area contributed by atoms with Gasteiger partial charge in [0.2, 0.25) is 5.91 Å². The first-order valence-corrected chi connectivity index (χ1v) is 6.22. The molecule has 0 atom stereocenters. The SMILES string of the molecule is CC.Cc1ccc(NC(=O)C(C)(C)C)c(C=O)c1. The Morgan fingerprint density at radius 3 is 2.22 bits per heavy atom. The largest absolute Gasteiger partial charge is 0.325 e. The molecule has 0 aliphatic rings. The van der Waals surface area contributed by atoms with Crippen LogP contribution in [0, 0.1) is 12.3 Å². The molecule has 3 nitrogen and oxygen atoms in total. The minimum Gasteiger partial charge on any atom is -0.325 e. The normalized spacial score (nSPS) is 10.1. The second-order valence-electron chi connectivity index (χ2n) is 4.91. The summed E-state index contributed by atoms with van der Waals surface area (Å²) in [6.07, 6.45) is 0.755. The van der Waals surface area contributed by atoms with Crippen LogP contribution < -0.4 is 5.32 Å². The van der Waals surface area contributed by atoms with E-state index >= 15 is 0 Å². The molecular weight excluding hydrogens is 226 g/mol. The highest BCUT2D eigenvalue weighted by molar-refractivity contribution is 5.98. The van der Waals surface area contributed by atoms with E-state index in [1.165, 1.54) is 0 Å². The van der Waals surface area contributed by atoms with Crippen LogP contribution in [0.1, 0.15) is 50.5 Å². The van der Waals surface area contributed by atoms with Crippen molar-refractivity contribution in [3.8, 4) is 0 Å². The van der Waals surface area contributed by atoms with Crippen LogP contribution in [0.25, 0.3) is 0 Å². The standard InChI is InChI=1S/C13H17NO2.C2H6/c1-9-5-6-11(10(7-9)8-15)14-12(16)13(2,3)4;1-2/h5-8H,1-4H3,(H,14,16);1-2H3. The Morgan fingerprint density at radius 1 is 1.22 bits per heavy atom. The molecule has 0 aromatic heterocycles. The third kappa shape index (κ3) is 4.70. The van der Waals surface area contributed by atoms with Crippen LogP contribution in [0.3, 0.4) is 0 Å². The fourth-order valence-corrected chi connectivity index (χ4v) is 1.20. The Bertz CT molecular complexity index is 417. The zero-order valence-corrected chi connectivity index (χ0v) is 12.1.